The summed E-state index contributed by atoms with van der Waals surface area (Å²) in [5.74, 6) is 0.460. The Balaban J connectivity index is 1.66. The minimum Gasteiger partial charge on any atom is -0.449 e. The normalized spacial score (nSPS) is 10.7. The smallest absolute Gasteiger partial charge is 0.415 e. The van der Waals surface area contributed by atoms with Crippen molar-refractivity contribution in [3.05, 3.63) is 75.9 Å². The van der Waals surface area contributed by atoms with E-state index in [1.807, 2.05) is 36.4 Å². The third kappa shape index (κ3) is 3.77. The van der Waals surface area contributed by atoms with E-state index in [9.17, 15) is 9.59 Å². The zero-order valence-corrected chi connectivity index (χ0v) is 15.0. The summed E-state index contributed by atoms with van der Waals surface area (Å²) < 4.78 is 5.35. The molecule has 1 amide bonds. The van der Waals surface area contributed by atoms with E-state index in [1.165, 1.54) is 10.5 Å². The number of aromatic nitrogens is 1. The Morgan fingerprint density at radius 1 is 1.08 bits per heavy atom. The minimum absolute atomic E-state index is 0.0851. The number of nitrogens with one attached hydrogen (secondary N) is 1. The molecule has 134 valence electrons. The SMILES string of the molecule is Cc1c(N(C)C(=O)OCCCc2ccccc2)[nH]c2ccccc2c1=O. The summed E-state index contributed by atoms with van der Waals surface area (Å²) in [6.45, 7) is 2.04. The number of benzene rings is 2. The van der Waals surface area contributed by atoms with Crippen molar-refractivity contribution in [2.45, 2.75) is 19.8 Å². The van der Waals surface area contributed by atoms with Gasteiger partial charge in [0.1, 0.15) is 5.82 Å². The van der Waals surface area contributed by atoms with Gasteiger partial charge in [-0.15, -0.1) is 0 Å². The van der Waals surface area contributed by atoms with Crippen molar-refractivity contribution < 1.29 is 9.53 Å². The number of fused-ring (bicyclic) bond motifs is 1. The van der Waals surface area contributed by atoms with Gasteiger partial charge >= 0.3 is 6.09 Å². The van der Waals surface area contributed by atoms with Crippen LogP contribution in [-0.4, -0.2) is 24.7 Å². The fourth-order valence-electron chi connectivity index (χ4n) is 2.92. The lowest BCUT2D eigenvalue weighted by molar-refractivity contribution is 0.153. The van der Waals surface area contributed by atoms with Gasteiger partial charge in [-0.05, 0) is 37.5 Å². The number of ether oxygens (including phenoxy) is 1. The molecule has 0 spiro atoms. The van der Waals surface area contributed by atoms with E-state index < -0.39 is 6.09 Å². The topological polar surface area (TPSA) is 62.4 Å². The molecule has 5 nitrogen and oxygen atoms in total. The number of pyridine rings is 1. The zero-order chi connectivity index (χ0) is 18.5. The molecule has 0 fully saturated rings. The molecule has 1 aromatic heterocycles. The lowest BCUT2D eigenvalue weighted by atomic mass is 10.1. The first-order chi connectivity index (χ1) is 12.6. The molecule has 0 unspecified atom stereocenters. The van der Waals surface area contributed by atoms with Gasteiger partial charge in [-0.3, -0.25) is 9.69 Å². The maximum absolute atomic E-state index is 12.5. The van der Waals surface area contributed by atoms with Crippen LogP contribution in [0, 0.1) is 6.92 Å². The highest BCUT2D eigenvalue weighted by atomic mass is 16.6. The van der Waals surface area contributed by atoms with Gasteiger partial charge in [-0.2, -0.15) is 0 Å². The molecule has 5 heteroatoms. The van der Waals surface area contributed by atoms with Crippen molar-refractivity contribution in [3.63, 3.8) is 0 Å². The zero-order valence-electron chi connectivity index (χ0n) is 15.0. The van der Waals surface area contributed by atoms with Gasteiger partial charge in [-0.1, -0.05) is 42.5 Å². The van der Waals surface area contributed by atoms with Crippen LogP contribution in [0.5, 0.6) is 0 Å². The van der Waals surface area contributed by atoms with Gasteiger partial charge in [0.05, 0.1) is 12.1 Å². The molecule has 0 bridgehead atoms. The maximum atomic E-state index is 12.5. The monoisotopic (exact) mass is 350 g/mol. The largest absolute Gasteiger partial charge is 0.449 e. The number of aromatic amines is 1. The average Bonchev–Trinajstić information content (AvgIpc) is 2.68. The quantitative estimate of drug-likeness (QED) is 0.706. The number of hydrogen-bond donors (Lipinski definition) is 1. The highest BCUT2D eigenvalue weighted by Crippen LogP contribution is 2.18. The third-order valence-corrected chi connectivity index (χ3v) is 4.41. The van der Waals surface area contributed by atoms with Gasteiger partial charge in [0.2, 0.25) is 0 Å². The number of H-pyrrole nitrogens is 1. The van der Waals surface area contributed by atoms with E-state index >= 15 is 0 Å². The molecule has 0 saturated carbocycles. The standard InChI is InChI=1S/C21H22N2O3/c1-15-19(24)17-12-6-7-13-18(17)22-20(15)23(2)21(25)26-14-8-11-16-9-4-3-5-10-16/h3-7,9-10,12-13H,8,11,14H2,1-2H3,(H,22,24). The second-order valence-electron chi connectivity index (χ2n) is 6.24. The third-order valence-electron chi connectivity index (χ3n) is 4.41. The van der Waals surface area contributed by atoms with Gasteiger partial charge in [0.25, 0.3) is 0 Å². The second kappa shape index (κ2) is 7.87. The first-order valence-electron chi connectivity index (χ1n) is 8.64. The number of rotatable bonds is 5. The van der Waals surface area contributed by atoms with Crippen molar-refractivity contribution in [1.29, 1.82) is 0 Å². The minimum atomic E-state index is -0.480. The molecule has 26 heavy (non-hydrogen) atoms. The highest BCUT2D eigenvalue weighted by Gasteiger charge is 2.18. The van der Waals surface area contributed by atoms with Gasteiger partial charge in [0.15, 0.2) is 5.43 Å². The molecule has 0 aliphatic rings. The number of carbonyl (C=O) groups excluding carboxylic acids is 1. The lowest BCUT2D eigenvalue weighted by Gasteiger charge is -2.19. The number of nitrogens with zero attached hydrogens (tertiary/aromatic N) is 1. The van der Waals surface area contributed by atoms with Gasteiger partial charge in [-0.25, -0.2) is 4.79 Å². The summed E-state index contributed by atoms with van der Waals surface area (Å²) in [6.07, 6.45) is 1.12. The van der Waals surface area contributed by atoms with Crippen LogP contribution in [0.2, 0.25) is 0 Å². The van der Waals surface area contributed by atoms with E-state index in [0.29, 0.717) is 28.9 Å². The van der Waals surface area contributed by atoms with Crippen LogP contribution in [0.4, 0.5) is 10.6 Å². The van der Waals surface area contributed by atoms with E-state index in [0.717, 1.165) is 12.8 Å². The molecule has 1 heterocycles. The van der Waals surface area contributed by atoms with Crippen molar-refractivity contribution in [2.24, 2.45) is 0 Å². The van der Waals surface area contributed by atoms with E-state index in [1.54, 1.807) is 20.0 Å². The van der Waals surface area contributed by atoms with Gasteiger partial charge < -0.3 is 9.72 Å². The molecule has 0 aliphatic heterocycles. The predicted molar refractivity (Wildman–Crippen MR) is 104 cm³/mol. The van der Waals surface area contributed by atoms with Crippen LogP contribution in [0.1, 0.15) is 17.5 Å². The summed E-state index contributed by atoms with van der Waals surface area (Å²) in [5.41, 5.74) is 2.32. The Morgan fingerprint density at radius 3 is 2.54 bits per heavy atom. The second-order valence-corrected chi connectivity index (χ2v) is 6.24. The number of para-hydroxylation sites is 1. The molecule has 0 radical (unpaired) electrons. The predicted octanol–water partition coefficient (Wildman–Crippen LogP) is 4.04. The van der Waals surface area contributed by atoms with Crippen molar-refractivity contribution in [3.8, 4) is 0 Å². The summed E-state index contributed by atoms with van der Waals surface area (Å²) in [6, 6.07) is 17.3. The first kappa shape index (κ1) is 17.7. The van der Waals surface area contributed by atoms with Crippen LogP contribution in [0.3, 0.4) is 0 Å². The van der Waals surface area contributed by atoms with Crippen molar-refractivity contribution in [1.82, 2.24) is 4.98 Å². The van der Waals surface area contributed by atoms with E-state index in [4.69, 9.17) is 4.74 Å². The average molecular weight is 350 g/mol. The summed E-state index contributed by atoms with van der Waals surface area (Å²) >= 11 is 0. The van der Waals surface area contributed by atoms with Crippen molar-refractivity contribution in [2.75, 3.05) is 18.6 Å². The molecule has 0 aliphatic carbocycles. The number of hydrogen-bond acceptors (Lipinski definition) is 3. The van der Waals surface area contributed by atoms with Crippen molar-refractivity contribution >= 4 is 22.8 Å². The van der Waals surface area contributed by atoms with Crippen LogP contribution < -0.4 is 10.3 Å². The van der Waals surface area contributed by atoms with Gasteiger partial charge in [0, 0.05) is 18.0 Å². The molecule has 0 atom stereocenters. The lowest BCUT2D eigenvalue weighted by Crippen LogP contribution is -2.30. The Hall–Kier alpha value is -3.08. The molecular weight excluding hydrogens is 328 g/mol. The number of aryl methyl sites for hydroxylation is 1. The van der Waals surface area contributed by atoms with E-state index in [-0.39, 0.29) is 5.43 Å². The molecule has 1 N–H and O–H groups in total. The molecule has 2 aromatic carbocycles. The summed E-state index contributed by atoms with van der Waals surface area (Å²) in [4.78, 5) is 29.3. The van der Waals surface area contributed by atoms with Crippen LogP contribution in [0.25, 0.3) is 10.9 Å². The molecule has 3 rings (SSSR count). The Morgan fingerprint density at radius 2 is 1.77 bits per heavy atom. The first-order valence-corrected chi connectivity index (χ1v) is 8.64. The number of carbonyl (C=O) groups is 1. The Labute approximate surface area is 152 Å². The Bertz CT molecular complexity index is 964. The molecule has 0 saturated heterocycles. The van der Waals surface area contributed by atoms with Crippen LogP contribution in [-0.2, 0) is 11.2 Å². The summed E-state index contributed by atoms with van der Waals surface area (Å²) in [5, 5.41) is 0.610. The fraction of sp³-hybridized carbons (Fsp3) is 0.238. The maximum Gasteiger partial charge on any atom is 0.415 e. The van der Waals surface area contributed by atoms with Crippen LogP contribution in [0.15, 0.2) is 59.4 Å². The van der Waals surface area contributed by atoms with Crippen LogP contribution >= 0.6 is 0 Å². The molecular formula is C21H22N2O3. The number of amides is 1. The highest BCUT2D eigenvalue weighted by molar-refractivity contribution is 5.90. The Kier molecular flexibility index (Phi) is 5.37. The summed E-state index contributed by atoms with van der Waals surface area (Å²) in [7, 11) is 1.60. The molecule has 3 aromatic rings. The fourth-order valence-corrected chi connectivity index (χ4v) is 2.92. The number of anilines is 1. The van der Waals surface area contributed by atoms with E-state index in [2.05, 4.69) is 17.1 Å².